The van der Waals surface area contributed by atoms with Crippen LogP contribution in [0.25, 0.3) is 0 Å². The first-order valence-electron chi connectivity index (χ1n) is 15.7. The Kier molecular flexibility index (Phi) is 12.1. The number of likely N-dealkylation sites (N-methyl/N-ethyl adjacent to an activating group) is 1. The first-order valence-corrected chi connectivity index (χ1v) is 17.4. The molecule has 3 rings (SSSR count). The molecular weight excluding hydrogens is 532 g/mol. The quantitative estimate of drug-likeness (QED) is 0.245. The number of unbranched alkanes of at least 4 members (excludes halogenated alkanes) is 2. The van der Waals surface area contributed by atoms with Gasteiger partial charge in [0.15, 0.2) is 9.84 Å². The number of hydrogen-bond donors (Lipinski definition) is 1. The molecule has 3 atom stereocenters. The molecule has 0 radical (unpaired) electrons. The van der Waals surface area contributed by atoms with Gasteiger partial charge in [-0.25, -0.2) is 8.42 Å². The standard InChI is InChI=1S/C34H54N2O4S/c1-8-12-19-34(20-13-9-2)25-41(38,39)31-18-17-28(35(6)7)24-30(31)32(33(34)37)27-15-14-16-29(23-27)40-22-21-36(11-4)26(5)10-3/h14-18,23-24,26,32-33,37H,8-13,19-22,25H2,1-7H3/t26?,32-,33-/m1/s1. The van der Waals surface area contributed by atoms with Crippen LogP contribution < -0.4 is 9.64 Å². The highest BCUT2D eigenvalue weighted by molar-refractivity contribution is 7.91. The third-order valence-electron chi connectivity index (χ3n) is 9.14. The highest BCUT2D eigenvalue weighted by Crippen LogP contribution is 2.50. The van der Waals surface area contributed by atoms with Gasteiger partial charge >= 0.3 is 0 Å². The van der Waals surface area contributed by atoms with E-state index in [-0.39, 0.29) is 5.75 Å². The molecule has 6 nitrogen and oxygen atoms in total. The predicted molar refractivity (Wildman–Crippen MR) is 171 cm³/mol. The number of ether oxygens (including phenoxy) is 1. The molecule has 0 saturated carbocycles. The minimum atomic E-state index is -3.63. The average Bonchev–Trinajstić information content (AvgIpc) is 3.03. The SMILES string of the molecule is CCCCC1(CCCC)CS(=O)(=O)c2ccc(N(C)C)cc2[C@@H](c2cccc(OCCN(CC)C(C)CC)c2)[C@H]1O. The van der Waals surface area contributed by atoms with Crippen LogP contribution in [0, 0.1) is 5.41 Å². The molecule has 1 N–H and O–H groups in total. The van der Waals surface area contributed by atoms with E-state index in [0.717, 1.165) is 62.2 Å². The number of benzene rings is 2. The van der Waals surface area contributed by atoms with E-state index in [2.05, 4.69) is 39.5 Å². The number of fused-ring (bicyclic) bond motifs is 1. The van der Waals surface area contributed by atoms with Crippen LogP contribution in [0.4, 0.5) is 5.69 Å². The Balaban J connectivity index is 2.11. The van der Waals surface area contributed by atoms with E-state index in [0.29, 0.717) is 35.9 Å². The van der Waals surface area contributed by atoms with Gasteiger partial charge in [0.25, 0.3) is 0 Å². The molecule has 41 heavy (non-hydrogen) atoms. The van der Waals surface area contributed by atoms with Crippen LogP contribution in [0.1, 0.15) is 96.6 Å². The Labute approximate surface area is 250 Å². The maximum atomic E-state index is 14.1. The van der Waals surface area contributed by atoms with Crippen LogP contribution >= 0.6 is 0 Å². The average molecular weight is 587 g/mol. The van der Waals surface area contributed by atoms with Crippen LogP contribution in [0.5, 0.6) is 5.75 Å². The predicted octanol–water partition coefficient (Wildman–Crippen LogP) is 6.90. The maximum Gasteiger partial charge on any atom is 0.179 e. The van der Waals surface area contributed by atoms with Crippen molar-refractivity contribution in [3.8, 4) is 5.75 Å². The van der Waals surface area contributed by atoms with E-state index in [1.165, 1.54) is 0 Å². The van der Waals surface area contributed by atoms with Gasteiger partial charge in [-0.1, -0.05) is 65.5 Å². The molecule has 2 aromatic carbocycles. The van der Waals surface area contributed by atoms with Gasteiger partial charge in [-0.05, 0) is 74.2 Å². The molecule has 1 unspecified atom stereocenters. The van der Waals surface area contributed by atoms with Gasteiger partial charge < -0.3 is 14.7 Å². The third-order valence-corrected chi connectivity index (χ3v) is 11.1. The summed E-state index contributed by atoms with van der Waals surface area (Å²) in [6.45, 7) is 13.3. The fourth-order valence-corrected chi connectivity index (χ4v) is 8.61. The smallest absolute Gasteiger partial charge is 0.179 e. The molecule has 0 aliphatic carbocycles. The molecule has 0 saturated heterocycles. The summed E-state index contributed by atoms with van der Waals surface area (Å²) in [5.74, 6) is 0.247. The number of rotatable bonds is 15. The topological polar surface area (TPSA) is 70.1 Å². The van der Waals surface area contributed by atoms with Crippen molar-refractivity contribution in [1.82, 2.24) is 4.90 Å². The summed E-state index contributed by atoms with van der Waals surface area (Å²) >= 11 is 0. The number of aliphatic hydroxyl groups is 1. The van der Waals surface area contributed by atoms with E-state index in [4.69, 9.17) is 4.74 Å². The summed E-state index contributed by atoms with van der Waals surface area (Å²) < 4.78 is 34.4. The zero-order chi connectivity index (χ0) is 30.2. The van der Waals surface area contributed by atoms with Gasteiger partial charge in [0.1, 0.15) is 12.4 Å². The minimum Gasteiger partial charge on any atom is -0.492 e. The Hall–Kier alpha value is -2.09. The first kappa shape index (κ1) is 33.4. The molecular formula is C34H54N2O4S. The molecule has 1 heterocycles. The van der Waals surface area contributed by atoms with Crippen LogP contribution in [-0.2, 0) is 9.84 Å². The number of anilines is 1. The summed E-state index contributed by atoms with van der Waals surface area (Å²) in [5, 5.41) is 12.4. The number of hydrogen-bond acceptors (Lipinski definition) is 6. The summed E-state index contributed by atoms with van der Waals surface area (Å²) in [7, 11) is 0.288. The molecule has 0 aromatic heterocycles. The molecule has 0 bridgehead atoms. The highest BCUT2D eigenvalue weighted by atomic mass is 32.2. The Morgan fingerprint density at radius 1 is 1.02 bits per heavy atom. The van der Waals surface area contributed by atoms with Gasteiger partial charge in [-0.3, -0.25) is 4.90 Å². The van der Waals surface area contributed by atoms with Crippen LogP contribution in [-0.4, -0.2) is 70.1 Å². The van der Waals surface area contributed by atoms with E-state index >= 15 is 0 Å². The van der Waals surface area contributed by atoms with E-state index in [1.807, 2.05) is 55.4 Å². The van der Waals surface area contributed by atoms with E-state index in [9.17, 15) is 13.5 Å². The lowest BCUT2D eigenvalue weighted by molar-refractivity contribution is 0.0126. The van der Waals surface area contributed by atoms with Crippen molar-refractivity contribution >= 4 is 15.5 Å². The fourth-order valence-electron chi connectivity index (χ4n) is 6.42. The second-order valence-corrected chi connectivity index (χ2v) is 14.1. The molecule has 1 aliphatic rings. The molecule has 0 amide bonds. The number of nitrogens with zero attached hydrogens (tertiary/aromatic N) is 2. The van der Waals surface area contributed by atoms with E-state index in [1.54, 1.807) is 6.07 Å². The normalized spacial score (nSPS) is 20.3. The lowest BCUT2D eigenvalue weighted by Gasteiger charge is -2.40. The van der Waals surface area contributed by atoms with Crippen LogP contribution in [0.3, 0.4) is 0 Å². The van der Waals surface area contributed by atoms with Crippen molar-refractivity contribution in [3.63, 3.8) is 0 Å². The summed E-state index contributed by atoms with van der Waals surface area (Å²) in [6, 6.07) is 14.1. The highest BCUT2D eigenvalue weighted by Gasteiger charge is 2.49. The summed E-state index contributed by atoms with van der Waals surface area (Å²) in [4.78, 5) is 4.75. The van der Waals surface area contributed by atoms with Crippen molar-refractivity contribution in [2.45, 2.75) is 103 Å². The van der Waals surface area contributed by atoms with Crippen LogP contribution in [0.15, 0.2) is 47.4 Å². The number of aliphatic hydroxyl groups excluding tert-OH is 1. The summed E-state index contributed by atoms with van der Waals surface area (Å²) in [5.41, 5.74) is 1.78. The maximum absolute atomic E-state index is 14.1. The van der Waals surface area contributed by atoms with Gasteiger partial charge in [0.05, 0.1) is 16.8 Å². The van der Waals surface area contributed by atoms with Crippen molar-refractivity contribution < 1.29 is 18.3 Å². The molecule has 2 aromatic rings. The second-order valence-electron chi connectivity index (χ2n) is 12.2. The molecule has 230 valence electrons. The molecule has 0 fully saturated rings. The van der Waals surface area contributed by atoms with Crippen molar-refractivity contribution in [3.05, 3.63) is 53.6 Å². The minimum absolute atomic E-state index is 0.0232. The Bertz CT molecular complexity index is 1200. The molecule has 1 aliphatic heterocycles. The van der Waals surface area contributed by atoms with Gasteiger partial charge in [-0.2, -0.15) is 0 Å². The Morgan fingerprint density at radius 3 is 2.29 bits per heavy atom. The lowest BCUT2D eigenvalue weighted by Crippen LogP contribution is -2.43. The largest absolute Gasteiger partial charge is 0.492 e. The van der Waals surface area contributed by atoms with Crippen LogP contribution in [0.2, 0.25) is 0 Å². The molecule has 0 spiro atoms. The second kappa shape index (κ2) is 14.9. The Morgan fingerprint density at radius 2 is 1.71 bits per heavy atom. The van der Waals surface area contributed by atoms with E-state index < -0.39 is 27.3 Å². The monoisotopic (exact) mass is 586 g/mol. The van der Waals surface area contributed by atoms with Gasteiger partial charge in [-0.15, -0.1) is 0 Å². The van der Waals surface area contributed by atoms with Crippen molar-refractivity contribution in [1.29, 1.82) is 0 Å². The first-order chi connectivity index (χ1) is 19.5. The number of sulfone groups is 1. The zero-order valence-corrected chi connectivity index (χ0v) is 27.3. The zero-order valence-electron chi connectivity index (χ0n) is 26.5. The van der Waals surface area contributed by atoms with Crippen molar-refractivity contribution in [2.75, 3.05) is 44.4 Å². The third kappa shape index (κ3) is 7.85. The fraction of sp³-hybridized carbons (Fsp3) is 0.647. The molecule has 7 heteroatoms. The lowest BCUT2D eigenvalue weighted by atomic mass is 9.68. The van der Waals surface area contributed by atoms with Gasteiger partial charge in [0, 0.05) is 43.7 Å². The summed E-state index contributed by atoms with van der Waals surface area (Å²) in [6.07, 6.45) is 5.31. The van der Waals surface area contributed by atoms with Gasteiger partial charge in [0.2, 0.25) is 0 Å². The van der Waals surface area contributed by atoms with Crippen molar-refractivity contribution in [2.24, 2.45) is 5.41 Å².